The van der Waals surface area contributed by atoms with Gasteiger partial charge in [0.25, 0.3) is 0 Å². The van der Waals surface area contributed by atoms with Gasteiger partial charge in [-0.05, 0) is 25.5 Å². The molecule has 2 aliphatic heterocycles. The van der Waals surface area contributed by atoms with Crippen molar-refractivity contribution in [2.45, 2.75) is 24.9 Å². The fourth-order valence-corrected chi connectivity index (χ4v) is 2.90. The Morgan fingerprint density at radius 2 is 2.20 bits per heavy atom. The number of hydrogen-bond donors (Lipinski definition) is 2. The van der Waals surface area contributed by atoms with Gasteiger partial charge in [0.2, 0.25) is 5.91 Å². The maximum Gasteiger partial charge on any atom is 0.237 e. The van der Waals surface area contributed by atoms with Crippen molar-refractivity contribution in [2.75, 3.05) is 13.2 Å². The standard InChI is InChI=1S/C13H14Cl2N2O2.ClH/c14-8-4-3-7-10(6-19-12(7)11(8)15)17-13(18)9-2-1-5-16-9;/h3-4,9-10,16H,1-2,5-6H2,(H,17,18);1H. The van der Waals surface area contributed by atoms with Gasteiger partial charge in [0.15, 0.2) is 0 Å². The van der Waals surface area contributed by atoms with Crippen LogP contribution in [0.3, 0.4) is 0 Å². The van der Waals surface area contributed by atoms with Crippen molar-refractivity contribution in [3.8, 4) is 5.75 Å². The lowest BCUT2D eigenvalue weighted by Crippen LogP contribution is -2.42. The Hall–Kier alpha value is -0.680. The largest absolute Gasteiger partial charge is 0.489 e. The van der Waals surface area contributed by atoms with E-state index in [9.17, 15) is 4.79 Å². The van der Waals surface area contributed by atoms with Gasteiger partial charge in [0, 0.05) is 5.56 Å². The average molecular weight is 338 g/mol. The molecule has 1 saturated heterocycles. The predicted octanol–water partition coefficient (Wildman–Crippen LogP) is 2.72. The predicted molar refractivity (Wildman–Crippen MR) is 81.1 cm³/mol. The number of nitrogens with one attached hydrogen (secondary N) is 2. The molecular formula is C13H15Cl3N2O2. The van der Waals surface area contributed by atoms with Crippen LogP contribution in [0.25, 0.3) is 0 Å². The van der Waals surface area contributed by atoms with Crippen molar-refractivity contribution < 1.29 is 9.53 Å². The third-order valence-corrected chi connectivity index (χ3v) is 4.33. The SMILES string of the molecule is Cl.O=C(NC1COc2c1ccc(Cl)c2Cl)C1CCCN1. The Balaban J connectivity index is 0.00000147. The summed E-state index contributed by atoms with van der Waals surface area (Å²) < 4.78 is 5.53. The highest BCUT2D eigenvalue weighted by Crippen LogP contribution is 2.42. The van der Waals surface area contributed by atoms with Crippen LogP contribution in [0.1, 0.15) is 24.4 Å². The molecule has 0 aliphatic carbocycles. The molecule has 2 atom stereocenters. The van der Waals surface area contributed by atoms with E-state index in [-0.39, 0.29) is 30.4 Å². The van der Waals surface area contributed by atoms with Gasteiger partial charge in [0.1, 0.15) is 17.4 Å². The minimum Gasteiger partial charge on any atom is -0.489 e. The summed E-state index contributed by atoms with van der Waals surface area (Å²) in [4.78, 5) is 12.1. The van der Waals surface area contributed by atoms with Crippen LogP contribution in [0, 0.1) is 0 Å². The number of rotatable bonds is 2. The molecule has 2 N–H and O–H groups in total. The summed E-state index contributed by atoms with van der Waals surface area (Å²) in [7, 11) is 0. The van der Waals surface area contributed by atoms with Crippen molar-refractivity contribution >= 4 is 41.5 Å². The van der Waals surface area contributed by atoms with Gasteiger partial charge in [-0.2, -0.15) is 0 Å². The molecule has 0 saturated carbocycles. The second kappa shape index (κ2) is 6.39. The van der Waals surface area contributed by atoms with Crippen LogP contribution in [-0.2, 0) is 4.79 Å². The number of hydrogen-bond acceptors (Lipinski definition) is 3. The molecule has 2 heterocycles. The Morgan fingerprint density at radius 1 is 1.40 bits per heavy atom. The molecule has 0 bridgehead atoms. The molecule has 2 unspecified atom stereocenters. The zero-order chi connectivity index (χ0) is 13.4. The number of carbonyl (C=O) groups excluding carboxylic acids is 1. The first kappa shape index (κ1) is 15.7. The maximum absolute atomic E-state index is 12.1. The van der Waals surface area contributed by atoms with E-state index in [0.29, 0.717) is 22.4 Å². The molecule has 0 radical (unpaired) electrons. The van der Waals surface area contributed by atoms with Crippen molar-refractivity contribution in [2.24, 2.45) is 0 Å². The first-order chi connectivity index (χ1) is 9.16. The summed E-state index contributed by atoms with van der Waals surface area (Å²) in [6, 6.07) is 3.33. The number of halogens is 3. The monoisotopic (exact) mass is 336 g/mol. The molecule has 3 rings (SSSR count). The van der Waals surface area contributed by atoms with Gasteiger partial charge in [-0.15, -0.1) is 12.4 Å². The van der Waals surface area contributed by atoms with Crippen molar-refractivity contribution in [3.05, 3.63) is 27.7 Å². The van der Waals surface area contributed by atoms with E-state index in [0.717, 1.165) is 24.9 Å². The smallest absolute Gasteiger partial charge is 0.237 e. The molecule has 4 nitrogen and oxygen atoms in total. The van der Waals surface area contributed by atoms with Gasteiger partial charge in [-0.25, -0.2) is 0 Å². The summed E-state index contributed by atoms with van der Waals surface area (Å²) >= 11 is 12.0. The summed E-state index contributed by atoms with van der Waals surface area (Å²) in [5, 5.41) is 7.05. The molecular weight excluding hydrogens is 323 g/mol. The molecule has 1 aromatic carbocycles. The molecule has 1 amide bonds. The van der Waals surface area contributed by atoms with Gasteiger partial charge < -0.3 is 15.4 Å². The molecule has 2 aliphatic rings. The average Bonchev–Trinajstić information content (AvgIpc) is 3.04. The van der Waals surface area contributed by atoms with Crippen molar-refractivity contribution in [1.82, 2.24) is 10.6 Å². The number of carbonyl (C=O) groups is 1. The second-order valence-corrected chi connectivity index (χ2v) is 5.59. The second-order valence-electron chi connectivity index (χ2n) is 4.80. The molecule has 1 fully saturated rings. The van der Waals surface area contributed by atoms with E-state index in [1.807, 2.05) is 6.07 Å². The zero-order valence-corrected chi connectivity index (χ0v) is 12.9. The lowest BCUT2D eigenvalue weighted by Gasteiger charge is -2.15. The van der Waals surface area contributed by atoms with Crippen LogP contribution < -0.4 is 15.4 Å². The lowest BCUT2D eigenvalue weighted by atomic mass is 10.1. The molecule has 1 aromatic rings. The molecule has 7 heteroatoms. The highest BCUT2D eigenvalue weighted by atomic mass is 35.5. The highest BCUT2D eigenvalue weighted by Gasteiger charge is 2.31. The van der Waals surface area contributed by atoms with Crippen LogP contribution in [0.15, 0.2) is 12.1 Å². The normalized spacial score (nSPS) is 23.7. The maximum atomic E-state index is 12.1. The first-order valence-corrected chi connectivity index (χ1v) is 7.07. The Bertz CT molecular complexity index is 519. The molecule has 20 heavy (non-hydrogen) atoms. The van der Waals surface area contributed by atoms with Crippen LogP contribution in [0.2, 0.25) is 10.0 Å². The van der Waals surface area contributed by atoms with Crippen molar-refractivity contribution in [1.29, 1.82) is 0 Å². The Labute approximate surface area is 133 Å². The summed E-state index contributed by atoms with van der Waals surface area (Å²) in [5.74, 6) is 0.601. The van der Waals surface area contributed by atoms with Gasteiger partial charge in [0.05, 0.1) is 17.1 Å². The van der Waals surface area contributed by atoms with E-state index in [1.54, 1.807) is 6.07 Å². The molecule has 0 aromatic heterocycles. The molecule has 110 valence electrons. The molecule has 0 spiro atoms. The Kier molecular flexibility index (Phi) is 5.02. The topological polar surface area (TPSA) is 50.4 Å². The highest BCUT2D eigenvalue weighted by molar-refractivity contribution is 6.43. The minimum absolute atomic E-state index is 0. The van der Waals surface area contributed by atoms with Gasteiger partial charge in [-0.3, -0.25) is 4.79 Å². The Morgan fingerprint density at radius 3 is 2.90 bits per heavy atom. The number of fused-ring (bicyclic) bond motifs is 1. The number of ether oxygens (including phenoxy) is 1. The van der Waals surface area contributed by atoms with Crippen LogP contribution in [-0.4, -0.2) is 25.1 Å². The van der Waals surface area contributed by atoms with E-state index in [4.69, 9.17) is 27.9 Å². The zero-order valence-electron chi connectivity index (χ0n) is 10.6. The van der Waals surface area contributed by atoms with Crippen LogP contribution in [0.4, 0.5) is 0 Å². The van der Waals surface area contributed by atoms with Crippen molar-refractivity contribution in [3.63, 3.8) is 0 Å². The lowest BCUT2D eigenvalue weighted by molar-refractivity contribution is -0.123. The number of amides is 1. The summed E-state index contributed by atoms with van der Waals surface area (Å²) in [6.45, 7) is 1.30. The number of benzene rings is 1. The minimum atomic E-state index is -0.153. The van der Waals surface area contributed by atoms with Gasteiger partial charge in [-0.1, -0.05) is 29.3 Å². The summed E-state index contributed by atoms with van der Waals surface area (Å²) in [6.07, 6.45) is 1.92. The van der Waals surface area contributed by atoms with E-state index < -0.39 is 0 Å². The fraction of sp³-hybridized carbons (Fsp3) is 0.462. The van der Waals surface area contributed by atoms with E-state index >= 15 is 0 Å². The van der Waals surface area contributed by atoms with Crippen LogP contribution in [0.5, 0.6) is 5.75 Å². The van der Waals surface area contributed by atoms with E-state index in [1.165, 1.54) is 0 Å². The van der Waals surface area contributed by atoms with Crippen LogP contribution >= 0.6 is 35.6 Å². The third kappa shape index (κ3) is 2.84. The summed E-state index contributed by atoms with van der Waals surface area (Å²) in [5.41, 5.74) is 0.890. The van der Waals surface area contributed by atoms with E-state index in [2.05, 4.69) is 10.6 Å². The van der Waals surface area contributed by atoms with Gasteiger partial charge >= 0.3 is 0 Å². The first-order valence-electron chi connectivity index (χ1n) is 6.31. The quantitative estimate of drug-likeness (QED) is 0.872. The fourth-order valence-electron chi connectivity index (χ4n) is 2.52. The third-order valence-electron chi connectivity index (χ3n) is 3.54.